The summed E-state index contributed by atoms with van der Waals surface area (Å²) in [6, 6.07) is 5.00. The van der Waals surface area contributed by atoms with Gasteiger partial charge in [0.2, 0.25) is 10.0 Å². The van der Waals surface area contributed by atoms with Crippen molar-refractivity contribution < 1.29 is 16.8 Å². The molecule has 8 heteroatoms. The normalized spacial score (nSPS) is 22.7. The summed E-state index contributed by atoms with van der Waals surface area (Å²) >= 11 is 0. The van der Waals surface area contributed by atoms with E-state index in [1.165, 1.54) is 18.2 Å². The lowest BCUT2D eigenvalue weighted by Gasteiger charge is -2.07. The van der Waals surface area contributed by atoms with E-state index in [0.717, 1.165) is 25.3 Å². The van der Waals surface area contributed by atoms with Crippen molar-refractivity contribution in [1.29, 1.82) is 0 Å². The molecule has 0 bridgehead atoms. The van der Waals surface area contributed by atoms with E-state index >= 15 is 0 Å². The second-order valence-corrected chi connectivity index (χ2v) is 9.20. The smallest absolute Gasteiger partial charge is 0.208 e. The molecule has 0 heterocycles. The Morgan fingerprint density at radius 3 is 2.50 bits per heavy atom. The van der Waals surface area contributed by atoms with Crippen LogP contribution in [0.5, 0.6) is 0 Å². The van der Waals surface area contributed by atoms with E-state index in [9.17, 15) is 16.8 Å². The highest BCUT2D eigenvalue weighted by molar-refractivity contribution is 8.13. The summed E-state index contributed by atoms with van der Waals surface area (Å²) in [5, 5.41) is 0. The molecule has 1 fully saturated rings. The third-order valence-corrected chi connectivity index (χ3v) is 6.13. The molecule has 112 valence electrons. The molecule has 2 rings (SSSR count). The van der Waals surface area contributed by atoms with Crippen LogP contribution in [0.4, 0.5) is 0 Å². The van der Waals surface area contributed by atoms with E-state index in [1.54, 1.807) is 0 Å². The van der Waals surface area contributed by atoms with Crippen LogP contribution in [0, 0.1) is 5.92 Å². The Morgan fingerprint density at radius 2 is 1.90 bits per heavy atom. The number of nitrogens with one attached hydrogen (secondary N) is 1. The third-order valence-electron chi connectivity index (χ3n) is 3.29. The lowest BCUT2D eigenvalue weighted by Crippen LogP contribution is -2.27. The molecule has 1 saturated carbocycles. The van der Waals surface area contributed by atoms with Gasteiger partial charge in [-0.2, -0.15) is 0 Å². The number of benzene rings is 1. The minimum atomic E-state index is -3.94. The molecule has 2 atom stereocenters. The molecule has 1 aliphatic carbocycles. The lowest BCUT2D eigenvalue weighted by atomic mass is 10.2. The van der Waals surface area contributed by atoms with E-state index in [-0.39, 0.29) is 15.8 Å². The molecule has 1 aromatic rings. The fourth-order valence-electron chi connectivity index (χ4n) is 2.14. The summed E-state index contributed by atoms with van der Waals surface area (Å²) in [4.78, 5) is -0.302. The van der Waals surface area contributed by atoms with Gasteiger partial charge in [0.05, 0.1) is 9.79 Å². The largest absolute Gasteiger partial charge is 0.261 e. The molecular weight excluding hydrogens is 322 g/mol. The van der Waals surface area contributed by atoms with E-state index in [0.29, 0.717) is 5.92 Å². The van der Waals surface area contributed by atoms with Crippen LogP contribution in [0.2, 0.25) is 0 Å². The zero-order chi connectivity index (χ0) is 15.0. The average molecular weight is 338 g/mol. The summed E-state index contributed by atoms with van der Waals surface area (Å²) < 4.78 is 49.4. The van der Waals surface area contributed by atoms with E-state index < -0.39 is 19.1 Å². The monoisotopic (exact) mass is 337 g/mol. The van der Waals surface area contributed by atoms with Gasteiger partial charge in [-0.25, -0.2) is 21.6 Å². The van der Waals surface area contributed by atoms with Crippen molar-refractivity contribution in [2.75, 3.05) is 0 Å². The summed E-state index contributed by atoms with van der Waals surface area (Å²) in [7, 11) is -2.42. The Hall–Kier alpha value is -0.630. The van der Waals surface area contributed by atoms with Gasteiger partial charge in [0.1, 0.15) is 0 Å². The van der Waals surface area contributed by atoms with Gasteiger partial charge in [0.25, 0.3) is 9.05 Å². The zero-order valence-electron chi connectivity index (χ0n) is 10.9. The first-order valence-corrected chi connectivity index (χ1v) is 10.1. The number of halogens is 1. The summed E-state index contributed by atoms with van der Waals surface area (Å²) in [5.41, 5.74) is 0. The fraction of sp³-hybridized carbons (Fsp3) is 0.500. The molecule has 0 spiro atoms. The maximum atomic E-state index is 12.2. The van der Waals surface area contributed by atoms with Crippen LogP contribution in [0.3, 0.4) is 0 Å². The predicted octanol–water partition coefficient (Wildman–Crippen LogP) is 2.08. The van der Waals surface area contributed by atoms with E-state index in [2.05, 4.69) is 11.6 Å². The summed E-state index contributed by atoms with van der Waals surface area (Å²) in [6.45, 7) is 2.05. The van der Waals surface area contributed by atoms with Gasteiger partial charge in [0, 0.05) is 16.7 Å². The first-order valence-electron chi connectivity index (χ1n) is 6.31. The molecule has 0 saturated heterocycles. The van der Waals surface area contributed by atoms with Crippen LogP contribution in [0.15, 0.2) is 34.1 Å². The Kier molecular flexibility index (Phi) is 4.44. The molecule has 20 heavy (non-hydrogen) atoms. The van der Waals surface area contributed by atoms with Gasteiger partial charge < -0.3 is 0 Å². The maximum Gasteiger partial charge on any atom is 0.261 e. The first-order chi connectivity index (χ1) is 9.24. The highest BCUT2D eigenvalue weighted by Gasteiger charge is 2.39. The highest BCUT2D eigenvalue weighted by Crippen LogP contribution is 2.35. The molecular formula is C12H16ClNO4S2. The van der Waals surface area contributed by atoms with Crippen LogP contribution >= 0.6 is 10.7 Å². The van der Waals surface area contributed by atoms with E-state index in [1.807, 2.05) is 0 Å². The van der Waals surface area contributed by atoms with Crippen LogP contribution in [0.1, 0.15) is 26.2 Å². The van der Waals surface area contributed by atoms with Crippen molar-refractivity contribution in [2.24, 2.45) is 5.92 Å². The standard InChI is InChI=1S/C12H16ClNO4S2/c1-2-4-9-7-12(9)14-20(17,18)11-6-3-5-10(8-11)19(13,15)16/h3,5-6,8-9,12,14H,2,4,7H2,1H3. The average Bonchev–Trinajstić information content (AvgIpc) is 3.06. The minimum Gasteiger partial charge on any atom is -0.208 e. The van der Waals surface area contributed by atoms with Gasteiger partial charge in [0.15, 0.2) is 0 Å². The Labute approximate surface area is 123 Å². The molecule has 5 nitrogen and oxygen atoms in total. The van der Waals surface area contributed by atoms with Gasteiger partial charge in [-0.15, -0.1) is 0 Å². The van der Waals surface area contributed by atoms with Crippen LogP contribution in [-0.4, -0.2) is 22.9 Å². The number of rotatable bonds is 6. The number of hydrogen-bond acceptors (Lipinski definition) is 4. The first kappa shape index (κ1) is 15.8. The second kappa shape index (κ2) is 5.63. The highest BCUT2D eigenvalue weighted by atomic mass is 35.7. The van der Waals surface area contributed by atoms with Crippen molar-refractivity contribution >= 4 is 29.8 Å². The fourth-order valence-corrected chi connectivity index (χ4v) is 4.38. The summed E-state index contributed by atoms with van der Waals surface area (Å²) in [6.07, 6.45) is 2.84. The topological polar surface area (TPSA) is 80.3 Å². The predicted molar refractivity (Wildman–Crippen MR) is 76.6 cm³/mol. The van der Waals surface area contributed by atoms with Gasteiger partial charge in [-0.3, -0.25) is 0 Å². The molecule has 1 aromatic carbocycles. The van der Waals surface area contributed by atoms with Crippen LogP contribution in [0.25, 0.3) is 0 Å². The second-order valence-electron chi connectivity index (χ2n) is 4.92. The van der Waals surface area contributed by atoms with Crippen molar-refractivity contribution in [1.82, 2.24) is 4.72 Å². The number of hydrogen-bond donors (Lipinski definition) is 1. The van der Waals surface area contributed by atoms with Crippen molar-refractivity contribution in [2.45, 2.75) is 42.0 Å². The lowest BCUT2D eigenvalue weighted by molar-refractivity contribution is 0.573. The molecule has 2 unspecified atom stereocenters. The SMILES string of the molecule is CCCC1CC1NS(=O)(=O)c1cccc(S(=O)(=O)Cl)c1. The molecule has 1 aliphatic rings. The van der Waals surface area contributed by atoms with Crippen molar-refractivity contribution in [3.8, 4) is 0 Å². The maximum absolute atomic E-state index is 12.2. The van der Waals surface area contributed by atoms with Crippen molar-refractivity contribution in [3.63, 3.8) is 0 Å². The van der Waals surface area contributed by atoms with Crippen LogP contribution < -0.4 is 4.72 Å². The zero-order valence-corrected chi connectivity index (χ0v) is 13.3. The molecule has 0 radical (unpaired) electrons. The van der Waals surface area contributed by atoms with Crippen LogP contribution in [-0.2, 0) is 19.1 Å². The van der Waals surface area contributed by atoms with Gasteiger partial charge in [-0.1, -0.05) is 19.4 Å². The Bertz CT molecular complexity index is 700. The quantitative estimate of drug-likeness (QED) is 0.806. The third kappa shape index (κ3) is 3.72. The molecule has 0 aliphatic heterocycles. The van der Waals surface area contributed by atoms with Crippen molar-refractivity contribution in [3.05, 3.63) is 24.3 Å². The summed E-state index contributed by atoms with van der Waals surface area (Å²) in [5.74, 6) is 0.384. The number of sulfonamides is 1. The Morgan fingerprint density at radius 1 is 1.25 bits per heavy atom. The molecule has 0 aromatic heterocycles. The minimum absolute atomic E-state index is 0.0452. The van der Waals surface area contributed by atoms with Gasteiger partial charge in [-0.05, 0) is 37.0 Å². The molecule has 1 N–H and O–H groups in total. The Balaban J connectivity index is 2.19. The van der Waals surface area contributed by atoms with Gasteiger partial charge >= 0.3 is 0 Å². The molecule has 0 amide bonds. The van der Waals surface area contributed by atoms with E-state index in [4.69, 9.17) is 10.7 Å².